The number of nitrogens with zero attached hydrogens (tertiary/aromatic N) is 2. The van der Waals surface area contributed by atoms with Crippen molar-refractivity contribution in [1.29, 1.82) is 0 Å². The molecule has 6 heteroatoms. The van der Waals surface area contributed by atoms with Gasteiger partial charge in [-0.05, 0) is 34.7 Å². The Morgan fingerprint density at radius 2 is 1.23 bits per heavy atom. The predicted molar refractivity (Wildman–Crippen MR) is 136 cm³/mol. The zero-order valence-corrected chi connectivity index (χ0v) is 19.9. The molecule has 0 bridgehead atoms. The third kappa shape index (κ3) is 4.79. The molecule has 174 valence electrons. The minimum atomic E-state index is -0.937. The van der Waals surface area contributed by atoms with E-state index in [9.17, 15) is 14.4 Å². The van der Waals surface area contributed by atoms with Crippen LogP contribution in [0.4, 0.5) is 0 Å². The number of fused-ring (bicyclic) bond motifs is 1. The van der Waals surface area contributed by atoms with Crippen LogP contribution in [-0.4, -0.2) is 33.6 Å². The zero-order chi connectivity index (χ0) is 24.2. The molecule has 0 radical (unpaired) electrons. The number of imide groups is 1. The van der Waals surface area contributed by atoms with Gasteiger partial charge in [0.05, 0.1) is 11.1 Å². The monoisotopic (exact) mass is 480 g/mol. The fraction of sp³-hybridized carbons (Fsp3) is 0.138. The summed E-state index contributed by atoms with van der Waals surface area (Å²) in [6.45, 7) is 0.747. The molecule has 0 spiro atoms. The molecule has 1 aromatic heterocycles. The Morgan fingerprint density at radius 1 is 0.714 bits per heavy atom. The number of benzene rings is 3. The molecule has 3 amide bonds. The van der Waals surface area contributed by atoms with Gasteiger partial charge in [0.2, 0.25) is 5.91 Å². The number of thiophene rings is 1. The van der Waals surface area contributed by atoms with E-state index in [0.717, 1.165) is 20.9 Å². The lowest BCUT2D eigenvalue weighted by Gasteiger charge is -2.31. The van der Waals surface area contributed by atoms with Gasteiger partial charge in [-0.1, -0.05) is 78.9 Å². The van der Waals surface area contributed by atoms with E-state index in [-0.39, 0.29) is 12.3 Å². The van der Waals surface area contributed by atoms with Gasteiger partial charge in [0.25, 0.3) is 11.8 Å². The van der Waals surface area contributed by atoms with Crippen LogP contribution in [-0.2, 0) is 24.3 Å². The quantitative estimate of drug-likeness (QED) is 0.326. The van der Waals surface area contributed by atoms with E-state index in [1.807, 2.05) is 78.2 Å². The highest BCUT2D eigenvalue weighted by Gasteiger charge is 2.44. The highest BCUT2D eigenvalue weighted by atomic mass is 32.1. The third-order valence-electron chi connectivity index (χ3n) is 6.14. The van der Waals surface area contributed by atoms with Gasteiger partial charge in [0.1, 0.15) is 6.04 Å². The van der Waals surface area contributed by atoms with Crippen LogP contribution in [0, 0.1) is 0 Å². The van der Waals surface area contributed by atoms with E-state index in [2.05, 4.69) is 0 Å². The maximum Gasteiger partial charge on any atom is 0.262 e. The fourth-order valence-corrected chi connectivity index (χ4v) is 5.17. The second-order valence-corrected chi connectivity index (χ2v) is 9.52. The van der Waals surface area contributed by atoms with Crippen LogP contribution in [0.15, 0.2) is 102 Å². The van der Waals surface area contributed by atoms with Crippen LogP contribution < -0.4 is 0 Å². The summed E-state index contributed by atoms with van der Waals surface area (Å²) in [5.41, 5.74) is 2.65. The lowest BCUT2D eigenvalue weighted by Crippen LogP contribution is -2.51. The molecule has 1 atom stereocenters. The Bertz CT molecular complexity index is 1260. The highest BCUT2D eigenvalue weighted by molar-refractivity contribution is 7.09. The van der Waals surface area contributed by atoms with Gasteiger partial charge in [-0.3, -0.25) is 19.3 Å². The van der Waals surface area contributed by atoms with Gasteiger partial charge in [0, 0.05) is 24.4 Å². The first-order valence-corrected chi connectivity index (χ1v) is 12.4. The summed E-state index contributed by atoms with van der Waals surface area (Å²) in [5.74, 6) is -1.08. The van der Waals surface area contributed by atoms with Crippen LogP contribution in [0.5, 0.6) is 0 Å². The summed E-state index contributed by atoms with van der Waals surface area (Å²) in [7, 11) is 0. The van der Waals surface area contributed by atoms with Gasteiger partial charge in [0.15, 0.2) is 0 Å². The van der Waals surface area contributed by atoms with Crippen molar-refractivity contribution in [3.63, 3.8) is 0 Å². The molecule has 4 aromatic rings. The maximum absolute atomic E-state index is 14.2. The molecule has 0 saturated heterocycles. The summed E-state index contributed by atoms with van der Waals surface area (Å²) in [6.07, 6.45) is 0.280. The van der Waals surface area contributed by atoms with E-state index < -0.39 is 17.9 Å². The molecule has 1 aliphatic heterocycles. The van der Waals surface area contributed by atoms with Crippen LogP contribution in [0.3, 0.4) is 0 Å². The minimum absolute atomic E-state index is 0.249. The first kappa shape index (κ1) is 22.7. The number of rotatable bonds is 8. The first-order chi connectivity index (χ1) is 17.1. The van der Waals surface area contributed by atoms with Crippen molar-refractivity contribution < 1.29 is 14.4 Å². The van der Waals surface area contributed by atoms with Gasteiger partial charge >= 0.3 is 0 Å². The summed E-state index contributed by atoms with van der Waals surface area (Å²) < 4.78 is 0. The second-order valence-electron chi connectivity index (χ2n) is 8.49. The standard InChI is InChI=1S/C29H24N2O3S/c32-27-24-15-7-8-16-25(24)28(33)31(27)26(18-23-14-9-17-35-23)29(34)30(19-21-10-3-1-4-11-21)20-22-12-5-2-6-13-22/h1-17,26H,18-20H2. The van der Waals surface area contributed by atoms with Gasteiger partial charge in [-0.2, -0.15) is 0 Å². The van der Waals surface area contributed by atoms with Gasteiger partial charge in [-0.25, -0.2) is 0 Å². The molecule has 1 unspecified atom stereocenters. The number of hydrogen-bond acceptors (Lipinski definition) is 4. The lowest BCUT2D eigenvalue weighted by molar-refractivity contribution is -0.136. The van der Waals surface area contributed by atoms with E-state index in [4.69, 9.17) is 0 Å². The molecule has 0 fully saturated rings. The topological polar surface area (TPSA) is 57.7 Å². The van der Waals surface area contributed by atoms with Crippen molar-refractivity contribution in [1.82, 2.24) is 9.80 Å². The van der Waals surface area contributed by atoms with Crippen LogP contribution in [0.25, 0.3) is 0 Å². The molecule has 0 N–H and O–H groups in total. The molecule has 2 heterocycles. The van der Waals surface area contributed by atoms with Crippen molar-refractivity contribution in [2.75, 3.05) is 0 Å². The average molecular weight is 481 g/mol. The molecule has 35 heavy (non-hydrogen) atoms. The minimum Gasteiger partial charge on any atom is -0.332 e. The molecule has 5 nitrogen and oxygen atoms in total. The Hall–Kier alpha value is -4.03. The Balaban J connectivity index is 1.52. The fourth-order valence-electron chi connectivity index (χ4n) is 4.43. The summed E-state index contributed by atoms with van der Waals surface area (Å²) in [6, 6.07) is 29.2. The summed E-state index contributed by atoms with van der Waals surface area (Å²) in [4.78, 5) is 44.8. The molecule has 0 aliphatic carbocycles. The first-order valence-electron chi connectivity index (χ1n) is 11.5. The van der Waals surface area contributed by atoms with E-state index in [1.165, 1.54) is 11.3 Å². The van der Waals surface area contributed by atoms with Gasteiger partial charge in [-0.15, -0.1) is 11.3 Å². The number of amides is 3. The van der Waals surface area contributed by atoms with Crippen LogP contribution in [0.2, 0.25) is 0 Å². The number of carbonyl (C=O) groups is 3. The molecular weight excluding hydrogens is 456 g/mol. The Morgan fingerprint density at radius 3 is 1.71 bits per heavy atom. The number of carbonyl (C=O) groups excluding carboxylic acids is 3. The largest absolute Gasteiger partial charge is 0.332 e. The SMILES string of the molecule is O=C(C(Cc1cccs1)N1C(=O)c2ccccc2C1=O)N(Cc1ccccc1)Cc1ccccc1. The van der Waals surface area contributed by atoms with E-state index >= 15 is 0 Å². The average Bonchev–Trinajstić information content (AvgIpc) is 3.50. The molecule has 0 saturated carbocycles. The molecular formula is C29H24N2O3S. The number of hydrogen-bond donors (Lipinski definition) is 0. The van der Waals surface area contributed by atoms with Crippen molar-refractivity contribution >= 4 is 29.1 Å². The van der Waals surface area contributed by atoms with Crippen molar-refractivity contribution in [3.8, 4) is 0 Å². The summed E-state index contributed by atoms with van der Waals surface area (Å²) >= 11 is 1.51. The Kier molecular flexibility index (Phi) is 6.55. The normalized spacial score (nSPS) is 13.5. The van der Waals surface area contributed by atoms with Crippen molar-refractivity contribution in [3.05, 3.63) is 130 Å². The second kappa shape index (κ2) is 10.1. The summed E-state index contributed by atoms with van der Waals surface area (Å²) in [5, 5.41) is 1.94. The molecule has 5 rings (SSSR count). The van der Waals surface area contributed by atoms with Crippen molar-refractivity contribution in [2.45, 2.75) is 25.6 Å². The highest BCUT2D eigenvalue weighted by Crippen LogP contribution is 2.28. The smallest absolute Gasteiger partial charge is 0.262 e. The van der Waals surface area contributed by atoms with Crippen molar-refractivity contribution in [2.24, 2.45) is 0 Å². The van der Waals surface area contributed by atoms with Crippen LogP contribution in [0.1, 0.15) is 36.7 Å². The third-order valence-corrected chi connectivity index (χ3v) is 7.04. The maximum atomic E-state index is 14.2. The molecule has 3 aromatic carbocycles. The predicted octanol–water partition coefficient (Wildman–Crippen LogP) is 5.18. The Labute approximate surface area is 208 Å². The van der Waals surface area contributed by atoms with Crippen LogP contribution >= 0.6 is 11.3 Å². The van der Waals surface area contributed by atoms with E-state index in [1.54, 1.807) is 29.2 Å². The lowest BCUT2D eigenvalue weighted by atomic mass is 10.1. The molecule has 1 aliphatic rings. The van der Waals surface area contributed by atoms with E-state index in [0.29, 0.717) is 24.2 Å². The zero-order valence-electron chi connectivity index (χ0n) is 19.0. The van der Waals surface area contributed by atoms with Gasteiger partial charge < -0.3 is 4.90 Å².